The lowest BCUT2D eigenvalue weighted by Gasteiger charge is -2.12. The highest BCUT2D eigenvalue weighted by atomic mass is 16.1. The van der Waals surface area contributed by atoms with Gasteiger partial charge in [-0.3, -0.25) is 14.3 Å². The molecule has 29 heavy (non-hydrogen) atoms. The Kier molecular flexibility index (Phi) is 4.26. The predicted octanol–water partition coefficient (Wildman–Crippen LogP) is 5.72. The lowest BCUT2D eigenvalue weighted by molar-refractivity contribution is 0.994. The van der Waals surface area contributed by atoms with Crippen LogP contribution < -0.4 is 5.56 Å². The molecule has 0 atom stereocenters. The third-order valence-electron chi connectivity index (χ3n) is 5.07. The average molecular weight is 374 g/mol. The molecule has 138 valence electrons. The van der Waals surface area contributed by atoms with Gasteiger partial charge in [0.05, 0.1) is 5.69 Å². The van der Waals surface area contributed by atoms with Crippen LogP contribution in [0.1, 0.15) is 0 Å². The van der Waals surface area contributed by atoms with Gasteiger partial charge in [-0.05, 0) is 52.7 Å². The normalized spacial score (nSPS) is 10.9. The summed E-state index contributed by atoms with van der Waals surface area (Å²) in [6.07, 6.45) is 3.63. The molecule has 0 spiro atoms. The van der Waals surface area contributed by atoms with Gasteiger partial charge in [-0.1, -0.05) is 60.7 Å². The fourth-order valence-corrected chi connectivity index (χ4v) is 3.60. The Morgan fingerprint density at radius 1 is 0.655 bits per heavy atom. The van der Waals surface area contributed by atoms with Crippen LogP contribution >= 0.6 is 0 Å². The highest BCUT2D eigenvalue weighted by molar-refractivity contribution is 5.87. The zero-order valence-electron chi connectivity index (χ0n) is 15.7. The fraction of sp³-hybridized carbons (Fsp3) is 0. The van der Waals surface area contributed by atoms with Crippen molar-refractivity contribution < 1.29 is 0 Å². The molecule has 0 saturated carbocycles. The molecule has 3 nitrogen and oxygen atoms in total. The van der Waals surface area contributed by atoms with Crippen LogP contribution in [0.4, 0.5) is 0 Å². The predicted molar refractivity (Wildman–Crippen MR) is 118 cm³/mol. The Balaban J connectivity index is 1.78. The van der Waals surface area contributed by atoms with Crippen molar-refractivity contribution >= 4 is 10.8 Å². The molecule has 0 aliphatic carbocycles. The second-order valence-corrected chi connectivity index (χ2v) is 6.93. The van der Waals surface area contributed by atoms with E-state index in [1.165, 1.54) is 0 Å². The van der Waals surface area contributed by atoms with Crippen LogP contribution in [0.25, 0.3) is 38.8 Å². The van der Waals surface area contributed by atoms with E-state index in [0.29, 0.717) is 5.56 Å². The van der Waals surface area contributed by atoms with Gasteiger partial charge in [-0.25, -0.2) is 0 Å². The summed E-state index contributed by atoms with van der Waals surface area (Å²) in [6.45, 7) is 0. The fourth-order valence-electron chi connectivity index (χ4n) is 3.60. The number of fused-ring (bicyclic) bond motifs is 1. The minimum absolute atomic E-state index is 0.0498. The van der Waals surface area contributed by atoms with E-state index in [-0.39, 0.29) is 5.56 Å². The molecule has 0 aliphatic rings. The number of aromatic nitrogens is 2. The van der Waals surface area contributed by atoms with Crippen molar-refractivity contribution in [3.63, 3.8) is 0 Å². The molecule has 0 unspecified atom stereocenters. The van der Waals surface area contributed by atoms with E-state index in [2.05, 4.69) is 29.2 Å². The number of hydrogen-bond acceptors (Lipinski definition) is 2. The second kappa shape index (κ2) is 7.21. The van der Waals surface area contributed by atoms with E-state index < -0.39 is 0 Å². The molecule has 0 saturated heterocycles. The molecule has 3 heteroatoms. The summed E-state index contributed by atoms with van der Waals surface area (Å²) in [4.78, 5) is 17.9. The van der Waals surface area contributed by atoms with Crippen LogP contribution in [0.3, 0.4) is 0 Å². The van der Waals surface area contributed by atoms with Crippen LogP contribution in [0.15, 0.2) is 114 Å². The molecule has 5 rings (SSSR count). The second-order valence-electron chi connectivity index (χ2n) is 6.93. The van der Waals surface area contributed by atoms with Gasteiger partial charge in [0.15, 0.2) is 0 Å². The maximum atomic E-state index is 13.4. The summed E-state index contributed by atoms with van der Waals surface area (Å²) in [5, 5.41) is 2.26. The van der Waals surface area contributed by atoms with Crippen LogP contribution in [0, 0.1) is 0 Å². The van der Waals surface area contributed by atoms with Gasteiger partial charge in [0.1, 0.15) is 0 Å². The van der Waals surface area contributed by atoms with E-state index in [9.17, 15) is 4.79 Å². The Bertz CT molecular complexity index is 1360. The molecule has 3 aromatic carbocycles. The largest absolute Gasteiger partial charge is 0.283 e. The molecule has 0 aliphatic heterocycles. The van der Waals surface area contributed by atoms with Gasteiger partial charge in [-0.15, -0.1) is 0 Å². The minimum atomic E-state index is -0.0498. The highest BCUT2D eigenvalue weighted by Crippen LogP contribution is 2.26. The molecule has 0 radical (unpaired) electrons. The maximum Gasteiger partial charge on any atom is 0.262 e. The first-order valence-corrected chi connectivity index (χ1v) is 9.52. The molecular weight excluding hydrogens is 356 g/mol. The lowest BCUT2D eigenvalue weighted by atomic mass is 10.00. The highest BCUT2D eigenvalue weighted by Gasteiger charge is 2.12. The number of rotatable bonds is 3. The van der Waals surface area contributed by atoms with Crippen molar-refractivity contribution in [3.8, 4) is 28.1 Å². The van der Waals surface area contributed by atoms with E-state index >= 15 is 0 Å². The zero-order chi connectivity index (χ0) is 19.6. The van der Waals surface area contributed by atoms with Crippen LogP contribution in [0.2, 0.25) is 0 Å². The number of benzene rings is 3. The third kappa shape index (κ3) is 3.23. The zero-order valence-corrected chi connectivity index (χ0v) is 15.7. The van der Waals surface area contributed by atoms with Gasteiger partial charge in [0, 0.05) is 29.2 Å². The summed E-state index contributed by atoms with van der Waals surface area (Å²) in [6, 6.07) is 31.8. The van der Waals surface area contributed by atoms with Gasteiger partial charge >= 0.3 is 0 Å². The molecule has 0 N–H and O–H groups in total. The van der Waals surface area contributed by atoms with Crippen molar-refractivity contribution in [3.05, 3.63) is 120 Å². The molecule has 0 amide bonds. The van der Waals surface area contributed by atoms with Crippen molar-refractivity contribution in [2.24, 2.45) is 0 Å². The standard InChI is InChI=1S/C26H18N2O/c29-26-24(21-14-13-19-8-4-5-9-20(19)16-21)17-22(25-12-6-7-15-27-25)18-28(26)23-10-2-1-3-11-23/h1-18H. The minimum Gasteiger partial charge on any atom is -0.283 e. The topological polar surface area (TPSA) is 34.9 Å². The number of para-hydroxylation sites is 1. The number of hydrogen-bond donors (Lipinski definition) is 0. The van der Waals surface area contributed by atoms with E-state index in [0.717, 1.165) is 33.3 Å². The van der Waals surface area contributed by atoms with Crippen molar-refractivity contribution in [2.45, 2.75) is 0 Å². The summed E-state index contributed by atoms with van der Waals surface area (Å²) in [5.41, 5.74) is 4.07. The SMILES string of the molecule is O=c1c(-c2ccc3ccccc3c2)cc(-c2ccccn2)cn1-c1ccccc1. The van der Waals surface area contributed by atoms with Gasteiger partial charge in [0.2, 0.25) is 0 Å². The first-order valence-electron chi connectivity index (χ1n) is 9.52. The van der Waals surface area contributed by atoms with Crippen LogP contribution in [-0.2, 0) is 0 Å². The molecule has 5 aromatic rings. The van der Waals surface area contributed by atoms with E-state index in [1.54, 1.807) is 10.8 Å². The van der Waals surface area contributed by atoms with Crippen molar-refractivity contribution in [1.29, 1.82) is 0 Å². The summed E-state index contributed by atoms with van der Waals surface area (Å²) >= 11 is 0. The average Bonchev–Trinajstić information content (AvgIpc) is 2.80. The Labute approximate surface area is 168 Å². The van der Waals surface area contributed by atoms with Crippen molar-refractivity contribution in [1.82, 2.24) is 9.55 Å². The smallest absolute Gasteiger partial charge is 0.262 e. The van der Waals surface area contributed by atoms with Gasteiger partial charge in [0.25, 0.3) is 5.56 Å². The maximum absolute atomic E-state index is 13.4. The number of pyridine rings is 2. The van der Waals surface area contributed by atoms with E-state index in [4.69, 9.17) is 0 Å². The monoisotopic (exact) mass is 374 g/mol. The van der Waals surface area contributed by atoms with Crippen LogP contribution in [-0.4, -0.2) is 9.55 Å². The third-order valence-corrected chi connectivity index (χ3v) is 5.07. The summed E-state index contributed by atoms with van der Waals surface area (Å²) < 4.78 is 1.70. The quantitative estimate of drug-likeness (QED) is 0.405. The van der Waals surface area contributed by atoms with Crippen molar-refractivity contribution in [2.75, 3.05) is 0 Å². The molecule has 0 bridgehead atoms. The first-order chi connectivity index (χ1) is 14.3. The van der Waals surface area contributed by atoms with Gasteiger partial charge < -0.3 is 0 Å². The molecule has 0 fully saturated rings. The molecule has 2 heterocycles. The summed E-state index contributed by atoms with van der Waals surface area (Å²) in [7, 11) is 0. The first kappa shape index (κ1) is 17.1. The Hall–Kier alpha value is -3.98. The molecular formula is C26H18N2O. The van der Waals surface area contributed by atoms with E-state index in [1.807, 2.05) is 79.0 Å². The Morgan fingerprint density at radius 3 is 2.21 bits per heavy atom. The van der Waals surface area contributed by atoms with Gasteiger partial charge in [-0.2, -0.15) is 0 Å². The van der Waals surface area contributed by atoms with Crippen LogP contribution in [0.5, 0.6) is 0 Å². The Morgan fingerprint density at radius 2 is 1.41 bits per heavy atom. The lowest BCUT2D eigenvalue weighted by Crippen LogP contribution is -2.20. The molecule has 2 aromatic heterocycles. The summed E-state index contributed by atoms with van der Waals surface area (Å²) in [5.74, 6) is 0. The number of nitrogens with zero attached hydrogens (tertiary/aromatic N) is 2.